The molecule has 0 N–H and O–H groups in total. The second-order valence-electron chi connectivity index (χ2n) is 1.90. The lowest BCUT2D eigenvalue weighted by Gasteiger charge is -2.03. The Hall–Kier alpha value is 0.160. The summed E-state index contributed by atoms with van der Waals surface area (Å²) in [7, 11) is 1.56. The fourth-order valence-electron chi connectivity index (χ4n) is 0.661. The van der Waals surface area contributed by atoms with Crippen LogP contribution in [0.5, 0.6) is 5.75 Å². The van der Waals surface area contributed by atoms with Gasteiger partial charge in [-0.15, -0.1) is 0 Å². The van der Waals surface area contributed by atoms with Gasteiger partial charge in [0.05, 0.1) is 15.2 Å². The molecule has 0 aliphatic carbocycles. The van der Waals surface area contributed by atoms with Gasteiger partial charge >= 0.3 is 0 Å². The molecule has 0 aliphatic heterocycles. The molecule has 0 heterocycles. The van der Waals surface area contributed by atoms with E-state index in [1.165, 1.54) is 6.07 Å². The molecular formula is C7H5BrFIO. The van der Waals surface area contributed by atoms with Gasteiger partial charge in [-0.05, 0) is 50.7 Å². The summed E-state index contributed by atoms with van der Waals surface area (Å²) in [4.78, 5) is 0. The minimum absolute atomic E-state index is 0.268. The number of rotatable bonds is 1. The van der Waals surface area contributed by atoms with Crippen LogP contribution in [0.25, 0.3) is 0 Å². The summed E-state index contributed by atoms with van der Waals surface area (Å²) in [5.41, 5.74) is 0. The molecule has 0 saturated carbocycles. The summed E-state index contributed by atoms with van der Waals surface area (Å²) in [6.07, 6.45) is 0. The molecule has 0 spiro atoms. The first kappa shape index (κ1) is 9.25. The van der Waals surface area contributed by atoms with Crippen molar-refractivity contribution in [2.24, 2.45) is 0 Å². The average Bonchev–Trinajstić information content (AvgIpc) is 1.97. The molecule has 0 unspecified atom stereocenters. The first-order chi connectivity index (χ1) is 5.15. The van der Waals surface area contributed by atoms with E-state index in [4.69, 9.17) is 4.74 Å². The Morgan fingerprint density at radius 3 is 2.73 bits per heavy atom. The van der Waals surface area contributed by atoms with Crippen molar-refractivity contribution in [2.75, 3.05) is 7.11 Å². The lowest BCUT2D eigenvalue weighted by atomic mass is 10.3. The van der Waals surface area contributed by atoms with Gasteiger partial charge in [-0.25, -0.2) is 4.39 Å². The van der Waals surface area contributed by atoms with Crippen molar-refractivity contribution in [2.45, 2.75) is 0 Å². The van der Waals surface area contributed by atoms with Crippen LogP contribution in [0.1, 0.15) is 0 Å². The van der Waals surface area contributed by atoms with Crippen LogP contribution < -0.4 is 4.74 Å². The van der Waals surface area contributed by atoms with Crippen LogP contribution in [0.15, 0.2) is 16.6 Å². The second-order valence-corrected chi connectivity index (χ2v) is 3.92. The van der Waals surface area contributed by atoms with Crippen molar-refractivity contribution < 1.29 is 9.13 Å². The second kappa shape index (κ2) is 3.71. The topological polar surface area (TPSA) is 9.23 Å². The number of benzene rings is 1. The molecule has 0 fully saturated rings. The average molecular weight is 331 g/mol. The van der Waals surface area contributed by atoms with Crippen LogP contribution >= 0.6 is 38.5 Å². The summed E-state index contributed by atoms with van der Waals surface area (Å²) in [6, 6.07) is 3.03. The Morgan fingerprint density at radius 1 is 1.55 bits per heavy atom. The molecule has 0 radical (unpaired) electrons. The van der Waals surface area contributed by atoms with Crippen molar-refractivity contribution in [1.29, 1.82) is 0 Å². The Bertz CT molecular complexity index is 277. The third kappa shape index (κ3) is 2.05. The maximum atomic E-state index is 12.8. The highest BCUT2D eigenvalue weighted by molar-refractivity contribution is 14.1. The van der Waals surface area contributed by atoms with E-state index < -0.39 is 0 Å². The Kier molecular flexibility index (Phi) is 3.12. The van der Waals surface area contributed by atoms with Crippen molar-refractivity contribution in [3.05, 3.63) is 26.0 Å². The zero-order valence-electron chi connectivity index (χ0n) is 5.70. The summed E-state index contributed by atoms with van der Waals surface area (Å²) >= 11 is 5.08. The highest BCUT2D eigenvalue weighted by Crippen LogP contribution is 2.27. The van der Waals surface area contributed by atoms with E-state index in [2.05, 4.69) is 15.9 Å². The number of hydrogen-bond donors (Lipinski definition) is 0. The van der Waals surface area contributed by atoms with E-state index in [0.29, 0.717) is 10.2 Å². The van der Waals surface area contributed by atoms with Crippen molar-refractivity contribution in [3.63, 3.8) is 0 Å². The number of hydrogen-bond acceptors (Lipinski definition) is 1. The van der Waals surface area contributed by atoms with E-state index in [0.717, 1.165) is 3.57 Å². The molecule has 11 heavy (non-hydrogen) atoms. The maximum Gasteiger partial charge on any atom is 0.138 e. The van der Waals surface area contributed by atoms with E-state index in [1.54, 1.807) is 13.2 Å². The third-order valence-electron chi connectivity index (χ3n) is 1.19. The molecule has 1 aromatic rings. The number of methoxy groups -OCH3 is 1. The summed E-state index contributed by atoms with van der Waals surface area (Å²) < 4.78 is 19.0. The number of halogens is 3. The van der Waals surface area contributed by atoms with Crippen LogP contribution in [-0.2, 0) is 0 Å². The Labute approximate surface area is 86.2 Å². The molecule has 0 bridgehead atoms. The van der Waals surface area contributed by atoms with Crippen molar-refractivity contribution in [3.8, 4) is 5.75 Å². The Balaban J connectivity index is 3.21. The highest BCUT2D eigenvalue weighted by atomic mass is 127. The maximum absolute atomic E-state index is 12.8. The van der Waals surface area contributed by atoms with Crippen LogP contribution in [0.3, 0.4) is 0 Å². The smallest absolute Gasteiger partial charge is 0.138 e. The van der Waals surface area contributed by atoms with Crippen LogP contribution in [0.4, 0.5) is 4.39 Å². The molecule has 0 aromatic heterocycles. The summed E-state index contributed by atoms with van der Waals surface area (Å²) in [6.45, 7) is 0. The third-order valence-corrected chi connectivity index (χ3v) is 2.65. The van der Waals surface area contributed by atoms with Gasteiger partial charge in [0.25, 0.3) is 0 Å². The lowest BCUT2D eigenvalue weighted by molar-refractivity contribution is 0.410. The van der Waals surface area contributed by atoms with E-state index in [-0.39, 0.29) is 5.82 Å². The zero-order chi connectivity index (χ0) is 8.43. The molecular weight excluding hydrogens is 326 g/mol. The molecule has 0 aliphatic rings. The fraction of sp³-hybridized carbons (Fsp3) is 0.143. The summed E-state index contributed by atoms with van der Waals surface area (Å²) in [5, 5.41) is 0. The fourth-order valence-corrected chi connectivity index (χ4v) is 1.63. The lowest BCUT2D eigenvalue weighted by Crippen LogP contribution is -1.88. The predicted octanol–water partition coefficient (Wildman–Crippen LogP) is 3.20. The molecule has 0 amide bonds. The van der Waals surface area contributed by atoms with Gasteiger partial charge in [0, 0.05) is 0 Å². The first-order valence-corrected chi connectivity index (χ1v) is 4.71. The van der Waals surface area contributed by atoms with Gasteiger partial charge in [0.1, 0.15) is 11.6 Å². The van der Waals surface area contributed by atoms with Gasteiger partial charge in [-0.2, -0.15) is 0 Å². The van der Waals surface area contributed by atoms with Crippen LogP contribution in [0, 0.1) is 9.39 Å². The molecule has 0 atom stereocenters. The van der Waals surface area contributed by atoms with Crippen molar-refractivity contribution in [1.82, 2.24) is 0 Å². The van der Waals surface area contributed by atoms with Gasteiger partial charge in [0.15, 0.2) is 0 Å². The SMILES string of the molecule is COc1cc(Br)c(F)cc1I. The normalized spacial score (nSPS) is 9.82. The van der Waals surface area contributed by atoms with Gasteiger partial charge < -0.3 is 4.74 Å². The quantitative estimate of drug-likeness (QED) is 0.567. The minimum Gasteiger partial charge on any atom is -0.496 e. The molecule has 1 nitrogen and oxygen atoms in total. The van der Waals surface area contributed by atoms with E-state index >= 15 is 0 Å². The van der Waals surface area contributed by atoms with Crippen molar-refractivity contribution >= 4 is 38.5 Å². The molecule has 0 saturated heterocycles. The molecule has 1 rings (SSSR count). The molecule has 4 heteroatoms. The Morgan fingerprint density at radius 2 is 2.18 bits per heavy atom. The van der Waals surface area contributed by atoms with E-state index in [1.807, 2.05) is 22.6 Å². The molecule has 60 valence electrons. The predicted molar refractivity (Wildman–Crippen MR) is 53.4 cm³/mol. The van der Waals surface area contributed by atoms with Crippen LogP contribution in [-0.4, -0.2) is 7.11 Å². The number of ether oxygens (including phenoxy) is 1. The van der Waals surface area contributed by atoms with Gasteiger partial charge in [-0.3, -0.25) is 0 Å². The largest absolute Gasteiger partial charge is 0.496 e. The minimum atomic E-state index is -0.268. The first-order valence-electron chi connectivity index (χ1n) is 2.83. The zero-order valence-corrected chi connectivity index (χ0v) is 9.44. The monoisotopic (exact) mass is 330 g/mol. The highest BCUT2D eigenvalue weighted by Gasteiger charge is 2.05. The summed E-state index contributed by atoms with van der Waals surface area (Å²) in [5.74, 6) is 0.411. The van der Waals surface area contributed by atoms with Gasteiger partial charge in [-0.1, -0.05) is 0 Å². The van der Waals surface area contributed by atoms with Gasteiger partial charge in [0.2, 0.25) is 0 Å². The molecule has 1 aromatic carbocycles. The van der Waals surface area contributed by atoms with E-state index in [9.17, 15) is 4.39 Å². The standard InChI is InChI=1S/C7H5BrFIO/c1-11-7-2-4(8)5(9)3-6(7)10/h2-3H,1H3. The van der Waals surface area contributed by atoms with Crippen LogP contribution in [0.2, 0.25) is 0 Å².